The van der Waals surface area contributed by atoms with Gasteiger partial charge in [0, 0.05) is 12.7 Å². The summed E-state index contributed by atoms with van der Waals surface area (Å²) in [6, 6.07) is 7.51. The molecule has 0 radical (unpaired) electrons. The van der Waals surface area contributed by atoms with Crippen LogP contribution >= 0.6 is 12.2 Å². The zero-order valence-electron chi connectivity index (χ0n) is 7.04. The number of benzene rings is 1. The second kappa shape index (κ2) is 3.63. The van der Waals surface area contributed by atoms with Crippen LogP contribution < -0.4 is 4.90 Å². The topological polar surface area (TPSA) is 3.24 Å². The highest BCUT2D eigenvalue weighted by Crippen LogP contribution is 2.13. The van der Waals surface area contributed by atoms with Crippen molar-refractivity contribution in [3.8, 4) is 0 Å². The van der Waals surface area contributed by atoms with Crippen LogP contribution in [0.5, 0.6) is 0 Å². The average Bonchev–Trinajstić information content (AvgIpc) is 2.04. The lowest BCUT2D eigenvalue weighted by Gasteiger charge is -2.14. The van der Waals surface area contributed by atoms with E-state index in [2.05, 4.69) is 12.2 Å². The molecule has 0 N–H and O–H groups in total. The maximum Gasteiger partial charge on any atom is 0.259 e. The second-order valence-corrected chi connectivity index (χ2v) is 2.98. The molecular weight excluding hydrogens is 173 g/mol. The summed E-state index contributed by atoms with van der Waals surface area (Å²) in [6.45, 7) is 1.98. The summed E-state index contributed by atoms with van der Waals surface area (Å²) in [6.07, 6.45) is 0. The lowest BCUT2D eigenvalue weighted by Crippen LogP contribution is -2.19. The summed E-state index contributed by atoms with van der Waals surface area (Å²) in [5.41, 5.74) is 1.92. The van der Waals surface area contributed by atoms with Gasteiger partial charge in [0.15, 0.2) is 0 Å². The number of aryl methyl sites for hydroxylation is 1. The Balaban J connectivity index is 2.89. The lowest BCUT2D eigenvalue weighted by molar-refractivity contribution is 0.801. The number of hydrogen-bond acceptors (Lipinski definition) is 1. The lowest BCUT2D eigenvalue weighted by atomic mass is 10.2. The van der Waals surface area contributed by atoms with Crippen molar-refractivity contribution < 1.29 is 4.39 Å². The molecule has 1 rings (SSSR count). The Morgan fingerprint density at radius 2 is 1.83 bits per heavy atom. The maximum atomic E-state index is 12.5. The molecule has 0 fully saturated rings. The Morgan fingerprint density at radius 3 is 2.25 bits per heavy atom. The van der Waals surface area contributed by atoms with Crippen molar-refractivity contribution in [2.45, 2.75) is 6.92 Å². The van der Waals surface area contributed by atoms with E-state index in [-0.39, 0.29) is 0 Å². The summed E-state index contributed by atoms with van der Waals surface area (Å²) in [5.74, 6) is 0. The molecule has 0 bridgehead atoms. The van der Waals surface area contributed by atoms with E-state index < -0.39 is 5.24 Å². The van der Waals surface area contributed by atoms with Crippen LogP contribution in [0.4, 0.5) is 10.1 Å². The van der Waals surface area contributed by atoms with Gasteiger partial charge in [-0.05, 0) is 31.3 Å². The normalized spacial score (nSPS) is 9.58. The first-order chi connectivity index (χ1) is 5.61. The van der Waals surface area contributed by atoms with E-state index in [0.29, 0.717) is 0 Å². The third-order valence-electron chi connectivity index (χ3n) is 1.68. The average molecular weight is 183 g/mol. The molecule has 0 amide bonds. The van der Waals surface area contributed by atoms with Gasteiger partial charge in [-0.1, -0.05) is 17.7 Å². The largest absolute Gasteiger partial charge is 0.312 e. The predicted molar refractivity (Wildman–Crippen MR) is 53.3 cm³/mol. The number of nitrogens with zero attached hydrogens (tertiary/aromatic N) is 1. The summed E-state index contributed by atoms with van der Waals surface area (Å²) >= 11 is 4.39. The van der Waals surface area contributed by atoms with Crippen LogP contribution in [0.25, 0.3) is 0 Å². The third kappa shape index (κ3) is 2.01. The molecule has 0 saturated carbocycles. The van der Waals surface area contributed by atoms with Crippen LogP contribution in [0, 0.1) is 6.92 Å². The van der Waals surface area contributed by atoms with Crippen molar-refractivity contribution in [2.24, 2.45) is 0 Å². The van der Waals surface area contributed by atoms with Gasteiger partial charge < -0.3 is 4.90 Å². The van der Waals surface area contributed by atoms with Crippen LogP contribution in [0.1, 0.15) is 5.56 Å². The Hall–Kier alpha value is -0.960. The highest BCUT2D eigenvalue weighted by atomic mass is 32.1. The first-order valence-electron chi connectivity index (χ1n) is 3.61. The fourth-order valence-corrected chi connectivity index (χ4v) is 0.975. The third-order valence-corrected chi connectivity index (χ3v) is 1.96. The minimum atomic E-state index is -0.612. The van der Waals surface area contributed by atoms with Crippen molar-refractivity contribution in [3.63, 3.8) is 0 Å². The van der Waals surface area contributed by atoms with Gasteiger partial charge in [0.2, 0.25) is 0 Å². The number of rotatable bonds is 1. The Morgan fingerprint density at radius 1 is 1.33 bits per heavy atom. The highest BCUT2D eigenvalue weighted by Gasteiger charge is 2.03. The van der Waals surface area contributed by atoms with E-state index in [1.165, 1.54) is 4.90 Å². The van der Waals surface area contributed by atoms with Crippen molar-refractivity contribution in [3.05, 3.63) is 29.8 Å². The smallest absolute Gasteiger partial charge is 0.259 e. The molecule has 0 atom stereocenters. The molecule has 64 valence electrons. The van der Waals surface area contributed by atoms with Crippen LogP contribution in [-0.2, 0) is 0 Å². The van der Waals surface area contributed by atoms with Gasteiger partial charge >= 0.3 is 0 Å². The molecule has 0 aliphatic heterocycles. The van der Waals surface area contributed by atoms with Gasteiger partial charge in [-0.3, -0.25) is 0 Å². The van der Waals surface area contributed by atoms with Gasteiger partial charge in [0.1, 0.15) is 0 Å². The van der Waals surface area contributed by atoms with E-state index in [1.807, 2.05) is 31.2 Å². The molecule has 12 heavy (non-hydrogen) atoms. The fourth-order valence-electron chi connectivity index (χ4n) is 0.870. The van der Waals surface area contributed by atoms with Crippen molar-refractivity contribution in [1.82, 2.24) is 0 Å². The molecule has 0 saturated heterocycles. The Kier molecular flexibility index (Phi) is 2.76. The number of halogens is 1. The number of thiocarbonyl (C=S) groups is 1. The molecule has 1 aromatic rings. The quantitative estimate of drug-likeness (QED) is 0.374. The molecule has 0 aliphatic carbocycles. The summed E-state index contributed by atoms with van der Waals surface area (Å²) in [7, 11) is 1.60. The molecule has 0 heterocycles. The van der Waals surface area contributed by atoms with E-state index in [4.69, 9.17) is 0 Å². The van der Waals surface area contributed by atoms with Gasteiger partial charge in [-0.2, -0.15) is 4.39 Å². The molecule has 1 nitrogen and oxygen atoms in total. The molecule has 3 heteroatoms. The van der Waals surface area contributed by atoms with Gasteiger partial charge in [0.05, 0.1) is 0 Å². The summed E-state index contributed by atoms with van der Waals surface area (Å²) < 4.78 is 12.5. The standard InChI is InChI=1S/C9H10FNS/c1-7-3-5-8(6-4-7)11(2)9(10)12/h3-6H,1-2H3. The van der Waals surface area contributed by atoms with Gasteiger partial charge in [0.25, 0.3) is 5.24 Å². The van der Waals surface area contributed by atoms with Crippen LogP contribution in [0.2, 0.25) is 0 Å². The summed E-state index contributed by atoms with van der Waals surface area (Å²) in [4.78, 5) is 1.33. The molecule has 0 aromatic heterocycles. The number of hydrogen-bond donors (Lipinski definition) is 0. The molecule has 1 aromatic carbocycles. The molecule has 0 spiro atoms. The number of anilines is 1. The Labute approximate surface area is 76.8 Å². The second-order valence-electron chi connectivity index (χ2n) is 2.65. The van der Waals surface area contributed by atoms with Crippen molar-refractivity contribution in [1.29, 1.82) is 0 Å². The SMILES string of the molecule is Cc1ccc(N(C)C(F)=S)cc1. The van der Waals surface area contributed by atoms with E-state index in [1.54, 1.807) is 7.05 Å². The predicted octanol–water partition coefficient (Wildman–Crippen LogP) is 2.69. The minimum absolute atomic E-state index is 0.612. The first-order valence-corrected chi connectivity index (χ1v) is 4.02. The maximum absolute atomic E-state index is 12.5. The van der Waals surface area contributed by atoms with Crippen molar-refractivity contribution in [2.75, 3.05) is 11.9 Å². The molecule has 0 aliphatic rings. The Bertz CT molecular complexity index is 281. The zero-order chi connectivity index (χ0) is 9.14. The molecular formula is C9H10FNS. The van der Waals surface area contributed by atoms with Gasteiger partial charge in [-0.25, -0.2) is 0 Å². The molecule has 0 unspecified atom stereocenters. The van der Waals surface area contributed by atoms with Crippen LogP contribution in [0.3, 0.4) is 0 Å². The van der Waals surface area contributed by atoms with E-state index in [9.17, 15) is 4.39 Å². The van der Waals surface area contributed by atoms with E-state index in [0.717, 1.165) is 11.3 Å². The fraction of sp³-hybridized carbons (Fsp3) is 0.222. The highest BCUT2D eigenvalue weighted by molar-refractivity contribution is 7.80. The monoisotopic (exact) mass is 183 g/mol. The van der Waals surface area contributed by atoms with E-state index >= 15 is 0 Å². The summed E-state index contributed by atoms with van der Waals surface area (Å²) in [5, 5.41) is -0.612. The van der Waals surface area contributed by atoms with Gasteiger partial charge in [-0.15, -0.1) is 0 Å². The van der Waals surface area contributed by atoms with Crippen molar-refractivity contribution >= 4 is 23.1 Å². The minimum Gasteiger partial charge on any atom is -0.312 e. The van der Waals surface area contributed by atoms with Crippen LogP contribution in [0.15, 0.2) is 24.3 Å². The van der Waals surface area contributed by atoms with Crippen LogP contribution in [-0.4, -0.2) is 12.3 Å². The first kappa shape index (κ1) is 9.13. The zero-order valence-corrected chi connectivity index (χ0v) is 7.86.